The van der Waals surface area contributed by atoms with E-state index in [-0.39, 0.29) is 35.5 Å². The third-order valence-electron chi connectivity index (χ3n) is 5.80. The van der Waals surface area contributed by atoms with Gasteiger partial charge in [-0.25, -0.2) is 13.4 Å². The fourth-order valence-corrected chi connectivity index (χ4v) is 6.74. The molecule has 2 heterocycles. The maximum absolute atomic E-state index is 13.3. The molecule has 1 saturated heterocycles. The molecule has 2 aromatic carbocycles. The van der Waals surface area contributed by atoms with Gasteiger partial charge in [0.15, 0.2) is 15.0 Å². The van der Waals surface area contributed by atoms with Crippen LogP contribution in [0.5, 0.6) is 5.75 Å². The predicted octanol–water partition coefficient (Wildman–Crippen LogP) is 5.03. The van der Waals surface area contributed by atoms with E-state index in [1.807, 2.05) is 19.1 Å². The number of rotatable bonds is 9. The van der Waals surface area contributed by atoms with Gasteiger partial charge in [0.25, 0.3) is 0 Å². The van der Waals surface area contributed by atoms with Crippen molar-refractivity contribution in [2.24, 2.45) is 0 Å². The smallest absolute Gasteiger partial charge is 0.228 e. The van der Waals surface area contributed by atoms with Crippen molar-refractivity contribution in [3.05, 3.63) is 47.0 Å². The van der Waals surface area contributed by atoms with Gasteiger partial charge >= 0.3 is 0 Å². The number of aromatic nitrogens is 1. The maximum Gasteiger partial charge on any atom is 0.228 e. The molecule has 7 nitrogen and oxygen atoms in total. The van der Waals surface area contributed by atoms with Crippen molar-refractivity contribution < 1.29 is 22.7 Å². The van der Waals surface area contributed by atoms with Gasteiger partial charge in [0, 0.05) is 18.1 Å². The molecule has 4 rings (SSSR count). The van der Waals surface area contributed by atoms with Crippen LogP contribution in [-0.2, 0) is 19.4 Å². The van der Waals surface area contributed by atoms with Crippen molar-refractivity contribution in [3.63, 3.8) is 0 Å². The Balaban J connectivity index is 1.49. The number of hydrogen-bond donors (Lipinski definition) is 0. The summed E-state index contributed by atoms with van der Waals surface area (Å²) in [5, 5.41) is 1.21. The highest BCUT2D eigenvalue weighted by molar-refractivity contribution is 7.91. The second-order valence-corrected chi connectivity index (χ2v) is 11.9. The summed E-state index contributed by atoms with van der Waals surface area (Å²) in [6, 6.07) is 9.97. The fraction of sp³-hybridized carbons (Fsp3) is 0.417. The van der Waals surface area contributed by atoms with Crippen LogP contribution in [0, 0.1) is 6.92 Å². The summed E-state index contributed by atoms with van der Waals surface area (Å²) >= 11 is 7.61. The van der Waals surface area contributed by atoms with Crippen LogP contribution in [0.4, 0.5) is 5.13 Å². The number of anilines is 1. The first-order chi connectivity index (χ1) is 16.3. The number of halogens is 1. The fourth-order valence-electron chi connectivity index (χ4n) is 3.99. The molecule has 0 aliphatic carbocycles. The first kappa shape index (κ1) is 24.9. The molecule has 1 atom stereocenters. The molecule has 0 spiro atoms. The monoisotopic (exact) mass is 522 g/mol. The average Bonchev–Trinajstić information content (AvgIpc) is 3.47. The molecule has 0 radical (unpaired) electrons. The van der Waals surface area contributed by atoms with E-state index < -0.39 is 9.84 Å². The summed E-state index contributed by atoms with van der Waals surface area (Å²) in [5.41, 5.74) is 1.76. The largest absolute Gasteiger partial charge is 0.497 e. The number of ether oxygens (including phenoxy) is 2. The lowest BCUT2D eigenvalue weighted by atomic mass is 10.2. The van der Waals surface area contributed by atoms with Crippen molar-refractivity contribution in [2.75, 3.05) is 30.9 Å². The van der Waals surface area contributed by atoms with Crippen LogP contribution < -0.4 is 9.64 Å². The van der Waals surface area contributed by atoms with Gasteiger partial charge in [-0.2, -0.15) is 0 Å². The van der Waals surface area contributed by atoms with Gasteiger partial charge in [0.1, 0.15) is 5.75 Å². The first-order valence-electron chi connectivity index (χ1n) is 11.1. The number of fused-ring (bicyclic) bond motifs is 1. The summed E-state index contributed by atoms with van der Waals surface area (Å²) in [4.78, 5) is 19.8. The summed E-state index contributed by atoms with van der Waals surface area (Å²) in [5.74, 6) is 0.308. The third-order valence-corrected chi connectivity index (χ3v) is 8.86. The first-order valence-corrected chi connectivity index (χ1v) is 14.0. The van der Waals surface area contributed by atoms with Gasteiger partial charge in [0.2, 0.25) is 5.91 Å². The minimum Gasteiger partial charge on any atom is -0.497 e. The molecule has 34 heavy (non-hydrogen) atoms. The number of aryl methyl sites for hydroxylation is 1. The molecule has 1 aliphatic heterocycles. The van der Waals surface area contributed by atoms with E-state index in [0.717, 1.165) is 28.6 Å². The van der Waals surface area contributed by atoms with E-state index in [1.165, 1.54) is 30.6 Å². The van der Waals surface area contributed by atoms with E-state index in [0.29, 0.717) is 29.1 Å². The minimum atomic E-state index is -3.50. The van der Waals surface area contributed by atoms with Gasteiger partial charge < -0.3 is 9.47 Å². The van der Waals surface area contributed by atoms with Crippen LogP contribution in [0.25, 0.3) is 10.2 Å². The Bertz CT molecular complexity index is 1270. The lowest BCUT2D eigenvalue weighted by Gasteiger charge is -2.23. The molecule has 182 valence electrons. The second-order valence-electron chi connectivity index (χ2n) is 8.30. The van der Waals surface area contributed by atoms with E-state index in [9.17, 15) is 13.2 Å². The van der Waals surface area contributed by atoms with Crippen molar-refractivity contribution in [1.29, 1.82) is 0 Å². The third kappa shape index (κ3) is 5.71. The van der Waals surface area contributed by atoms with E-state index in [2.05, 4.69) is 0 Å². The zero-order valence-corrected chi connectivity index (χ0v) is 21.5. The Labute approximate surface area is 208 Å². The van der Waals surface area contributed by atoms with Crippen LogP contribution >= 0.6 is 22.9 Å². The lowest BCUT2D eigenvalue weighted by Crippen LogP contribution is -2.37. The second kappa shape index (κ2) is 10.6. The molecular formula is C24H27ClN2O5S2. The molecule has 0 N–H and O–H groups in total. The zero-order chi connectivity index (χ0) is 24.3. The molecule has 0 bridgehead atoms. The Morgan fingerprint density at radius 1 is 1.29 bits per heavy atom. The maximum atomic E-state index is 13.3. The lowest BCUT2D eigenvalue weighted by molar-refractivity contribution is -0.119. The SMILES string of the molecule is COc1ccc(S(=O)(=O)CCCC(=O)N(CC2CCCO2)c2nc3c(C)cc(Cl)cc3s2)cc1. The van der Waals surface area contributed by atoms with Gasteiger partial charge in [-0.15, -0.1) is 0 Å². The molecule has 1 unspecified atom stereocenters. The number of benzene rings is 2. The van der Waals surface area contributed by atoms with Crippen LogP contribution in [0.15, 0.2) is 41.3 Å². The highest BCUT2D eigenvalue weighted by atomic mass is 35.5. The number of carbonyl (C=O) groups is 1. The van der Waals surface area contributed by atoms with Gasteiger partial charge in [-0.3, -0.25) is 9.69 Å². The Morgan fingerprint density at radius 2 is 2.06 bits per heavy atom. The topological polar surface area (TPSA) is 85.8 Å². The van der Waals surface area contributed by atoms with Crippen molar-refractivity contribution in [2.45, 2.75) is 43.6 Å². The molecule has 10 heteroatoms. The van der Waals surface area contributed by atoms with Crippen LogP contribution in [0.3, 0.4) is 0 Å². The highest BCUT2D eigenvalue weighted by Gasteiger charge is 2.27. The van der Waals surface area contributed by atoms with Gasteiger partial charge in [-0.1, -0.05) is 22.9 Å². The average molecular weight is 523 g/mol. The predicted molar refractivity (Wildman–Crippen MR) is 135 cm³/mol. The summed E-state index contributed by atoms with van der Waals surface area (Å²) in [7, 11) is -1.98. The standard InChI is InChI=1S/C24H27ClN2O5S2/c1-16-13-17(25)14-21-23(16)26-24(33-21)27(15-19-5-3-11-32-19)22(28)6-4-12-34(29,30)20-9-7-18(31-2)8-10-20/h7-10,13-14,19H,3-6,11-12,15H2,1-2H3. The minimum absolute atomic E-state index is 0.0521. The quantitative estimate of drug-likeness (QED) is 0.391. The highest BCUT2D eigenvalue weighted by Crippen LogP contribution is 2.34. The molecule has 0 saturated carbocycles. The molecule has 1 aliphatic rings. The van der Waals surface area contributed by atoms with Crippen molar-refractivity contribution in [1.82, 2.24) is 4.98 Å². The number of hydrogen-bond acceptors (Lipinski definition) is 7. The number of carbonyl (C=O) groups excluding carboxylic acids is 1. The summed E-state index contributed by atoms with van der Waals surface area (Å²) in [6.07, 6.45) is 2.10. The Morgan fingerprint density at radius 3 is 2.74 bits per heavy atom. The van der Waals surface area contributed by atoms with E-state index in [4.69, 9.17) is 26.1 Å². The van der Waals surface area contributed by atoms with Gasteiger partial charge in [-0.05, 0) is 68.1 Å². The number of sulfone groups is 1. The molecule has 1 aromatic heterocycles. The Hall–Kier alpha value is -2.20. The number of thiazole rings is 1. The summed E-state index contributed by atoms with van der Waals surface area (Å²) < 4.78 is 37.2. The van der Waals surface area contributed by atoms with E-state index >= 15 is 0 Å². The normalized spacial score (nSPS) is 16.1. The van der Waals surface area contributed by atoms with E-state index in [1.54, 1.807) is 17.0 Å². The zero-order valence-electron chi connectivity index (χ0n) is 19.1. The van der Waals surface area contributed by atoms with Gasteiger partial charge in [0.05, 0.1) is 40.6 Å². The molecule has 1 amide bonds. The van der Waals surface area contributed by atoms with Crippen LogP contribution in [-0.4, -0.2) is 51.4 Å². The Kier molecular flexibility index (Phi) is 7.77. The van der Waals surface area contributed by atoms with Crippen LogP contribution in [0.2, 0.25) is 5.02 Å². The van der Waals surface area contributed by atoms with Crippen LogP contribution in [0.1, 0.15) is 31.2 Å². The van der Waals surface area contributed by atoms with Crippen molar-refractivity contribution in [3.8, 4) is 5.75 Å². The molecular weight excluding hydrogens is 496 g/mol. The molecule has 1 fully saturated rings. The number of methoxy groups -OCH3 is 1. The number of amides is 1. The molecule has 3 aromatic rings. The summed E-state index contributed by atoms with van der Waals surface area (Å²) in [6.45, 7) is 3.02. The number of nitrogens with zero attached hydrogens (tertiary/aromatic N) is 2. The van der Waals surface area contributed by atoms with Crippen molar-refractivity contribution >= 4 is 54.0 Å².